The number of hydrogen-bond acceptors (Lipinski definition) is 3. The van der Waals surface area contributed by atoms with Crippen LogP contribution in [-0.4, -0.2) is 36.2 Å². The highest BCUT2D eigenvalue weighted by atomic mass is 19.1. The van der Waals surface area contributed by atoms with E-state index < -0.39 is 5.97 Å². The molecule has 0 saturated carbocycles. The smallest absolute Gasteiger partial charge is 0.305 e. The van der Waals surface area contributed by atoms with E-state index in [2.05, 4.69) is 5.32 Å². The summed E-state index contributed by atoms with van der Waals surface area (Å²) in [7, 11) is 0. The van der Waals surface area contributed by atoms with Crippen molar-refractivity contribution in [2.75, 3.05) is 18.0 Å². The van der Waals surface area contributed by atoms with Crippen LogP contribution in [0.15, 0.2) is 24.3 Å². The average molecular weight is 266 g/mol. The van der Waals surface area contributed by atoms with Crippen LogP contribution >= 0.6 is 0 Å². The molecule has 1 aliphatic rings. The van der Waals surface area contributed by atoms with E-state index in [0.29, 0.717) is 12.2 Å². The van der Waals surface area contributed by atoms with Crippen LogP contribution in [0.3, 0.4) is 0 Å². The molecule has 0 radical (unpaired) electrons. The summed E-state index contributed by atoms with van der Waals surface area (Å²) in [6.07, 6.45) is 0.871. The Bertz CT molecular complexity index is 453. The van der Waals surface area contributed by atoms with Crippen LogP contribution in [0.5, 0.6) is 0 Å². The Morgan fingerprint density at radius 1 is 1.53 bits per heavy atom. The van der Waals surface area contributed by atoms with E-state index in [-0.39, 0.29) is 24.3 Å². The van der Waals surface area contributed by atoms with E-state index in [1.807, 2.05) is 11.8 Å². The molecule has 0 spiro atoms. The van der Waals surface area contributed by atoms with Crippen molar-refractivity contribution in [1.82, 2.24) is 5.32 Å². The lowest BCUT2D eigenvalue weighted by atomic mass is 10.1. The van der Waals surface area contributed by atoms with Gasteiger partial charge < -0.3 is 15.3 Å². The molecule has 1 aromatic rings. The second-order valence-electron chi connectivity index (χ2n) is 4.95. The Morgan fingerprint density at radius 2 is 2.26 bits per heavy atom. The van der Waals surface area contributed by atoms with Crippen molar-refractivity contribution in [3.63, 3.8) is 0 Å². The lowest BCUT2D eigenvalue weighted by molar-refractivity contribution is -0.137. The lowest BCUT2D eigenvalue weighted by Crippen LogP contribution is -2.45. The van der Waals surface area contributed by atoms with Gasteiger partial charge in [0.15, 0.2) is 0 Å². The number of halogens is 1. The molecule has 2 rings (SSSR count). The van der Waals surface area contributed by atoms with Crippen molar-refractivity contribution in [3.8, 4) is 0 Å². The van der Waals surface area contributed by atoms with Gasteiger partial charge in [0.1, 0.15) is 5.82 Å². The maximum atomic E-state index is 14.0. The van der Waals surface area contributed by atoms with Gasteiger partial charge in [-0.2, -0.15) is 0 Å². The minimum atomic E-state index is -0.859. The van der Waals surface area contributed by atoms with Gasteiger partial charge in [0.25, 0.3) is 0 Å². The molecule has 1 saturated heterocycles. The van der Waals surface area contributed by atoms with Crippen molar-refractivity contribution in [1.29, 1.82) is 0 Å². The maximum Gasteiger partial charge on any atom is 0.305 e. The number of nitrogens with one attached hydrogen (secondary N) is 1. The molecule has 104 valence electrons. The molecule has 0 aromatic heterocycles. The molecule has 0 amide bonds. The number of hydrogen-bond donors (Lipinski definition) is 2. The Kier molecular flexibility index (Phi) is 4.37. The van der Waals surface area contributed by atoms with E-state index in [0.717, 1.165) is 13.0 Å². The quantitative estimate of drug-likeness (QED) is 0.876. The second kappa shape index (κ2) is 6.02. The summed E-state index contributed by atoms with van der Waals surface area (Å²) >= 11 is 0. The average Bonchev–Trinajstić information content (AvgIpc) is 2.52. The van der Waals surface area contributed by atoms with Gasteiger partial charge in [-0.1, -0.05) is 12.1 Å². The van der Waals surface area contributed by atoms with Crippen molar-refractivity contribution in [2.24, 2.45) is 0 Å². The molecule has 0 aliphatic carbocycles. The fourth-order valence-electron chi connectivity index (χ4n) is 2.64. The minimum Gasteiger partial charge on any atom is -0.481 e. The first kappa shape index (κ1) is 13.8. The highest BCUT2D eigenvalue weighted by Gasteiger charge is 2.29. The standard InChI is InChI=1S/C14H19FN2O2/c1-10-6-7-16-9-11(8-14(18)19)17(10)13-5-3-2-4-12(13)15/h2-5,10-11,16H,6-9H2,1H3,(H,18,19). The van der Waals surface area contributed by atoms with Gasteiger partial charge in [0, 0.05) is 12.6 Å². The lowest BCUT2D eigenvalue weighted by Gasteiger charge is -2.36. The summed E-state index contributed by atoms with van der Waals surface area (Å²) in [5.74, 6) is -1.16. The molecule has 1 heterocycles. The zero-order valence-electron chi connectivity index (χ0n) is 11.0. The number of benzene rings is 1. The largest absolute Gasteiger partial charge is 0.481 e. The Labute approximate surface area is 112 Å². The molecule has 0 bridgehead atoms. The third-order valence-corrected chi connectivity index (χ3v) is 3.53. The Morgan fingerprint density at radius 3 is 2.95 bits per heavy atom. The molecule has 19 heavy (non-hydrogen) atoms. The number of carbonyl (C=O) groups is 1. The monoisotopic (exact) mass is 266 g/mol. The Hall–Kier alpha value is -1.62. The Balaban J connectivity index is 2.34. The highest BCUT2D eigenvalue weighted by molar-refractivity contribution is 5.69. The topological polar surface area (TPSA) is 52.6 Å². The van der Waals surface area contributed by atoms with Crippen LogP contribution in [-0.2, 0) is 4.79 Å². The van der Waals surface area contributed by atoms with Crippen molar-refractivity contribution < 1.29 is 14.3 Å². The summed E-state index contributed by atoms with van der Waals surface area (Å²) in [5, 5.41) is 12.3. The van der Waals surface area contributed by atoms with Crippen LogP contribution < -0.4 is 10.2 Å². The van der Waals surface area contributed by atoms with E-state index in [1.54, 1.807) is 18.2 Å². The van der Waals surface area contributed by atoms with Crippen molar-refractivity contribution in [3.05, 3.63) is 30.1 Å². The molecule has 4 nitrogen and oxygen atoms in total. The fraction of sp³-hybridized carbons (Fsp3) is 0.500. The number of aliphatic carboxylic acids is 1. The number of carboxylic acid groups (broad SMARTS) is 1. The fourth-order valence-corrected chi connectivity index (χ4v) is 2.64. The summed E-state index contributed by atoms with van der Waals surface area (Å²) in [4.78, 5) is 12.9. The molecule has 1 aromatic carbocycles. The molecule has 2 N–H and O–H groups in total. The zero-order valence-corrected chi connectivity index (χ0v) is 11.0. The van der Waals surface area contributed by atoms with Crippen LogP contribution in [0.4, 0.5) is 10.1 Å². The van der Waals surface area contributed by atoms with E-state index in [9.17, 15) is 9.18 Å². The third-order valence-electron chi connectivity index (χ3n) is 3.53. The first-order valence-electron chi connectivity index (χ1n) is 6.55. The summed E-state index contributed by atoms with van der Waals surface area (Å²) in [6, 6.07) is 6.43. The number of nitrogens with zero attached hydrogens (tertiary/aromatic N) is 1. The zero-order chi connectivity index (χ0) is 13.8. The number of para-hydroxylation sites is 1. The number of anilines is 1. The molecule has 1 fully saturated rings. The van der Waals surface area contributed by atoms with E-state index >= 15 is 0 Å². The first-order chi connectivity index (χ1) is 9.09. The summed E-state index contributed by atoms with van der Waals surface area (Å²) in [6.45, 7) is 3.39. The predicted molar refractivity (Wildman–Crippen MR) is 71.9 cm³/mol. The summed E-state index contributed by atoms with van der Waals surface area (Å²) < 4.78 is 14.0. The molecule has 1 aliphatic heterocycles. The molecular formula is C14H19FN2O2. The van der Waals surface area contributed by atoms with Gasteiger partial charge >= 0.3 is 5.97 Å². The normalized spacial score (nSPS) is 24.0. The molecule has 2 atom stereocenters. The second-order valence-corrected chi connectivity index (χ2v) is 4.95. The minimum absolute atomic E-state index is 0.00563. The van der Waals surface area contributed by atoms with Crippen molar-refractivity contribution >= 4 is 11.7 Å². The maximum absolute atomic E-state index is 14.0. The highest BCUT2D eigenvalue weighted by Crippen LogP contribution is 2.26. The molecule has 2 unspecified atom stereocenters. The van der Waals surface area contributed by atoms with Gasteiger partial charge in [-0.3, -0.25) is 4.79 Å². The predicted octanol–water partition coefficient (Wildman–Crippen LogP) is 1.86. The SMILES string of the molecule is CC1CCNCC(CC(=O)O)N1c1ccccc1F. The molecule has 5 heteroatoms. The first-order valence-corrected chi connectivity index (χ1v) is 6.55. The van der Waals surface area contributed by atoms with Crippen LogP contribution in [0.25, 0.3) is 0 Å². The van der Waals surface area contributed by atoms with Crippen LogP contribution in [0.1, 0.15) is 19.8 Å². The van der Waals surface area contributed by atoms with E-state index in [1.165, 1.54) is 6.07 Å². The molecular weight excluding hydrogens is 247 g/mol. The third kappa shape index (κ3) is 3.23. The van der Waals surface area contributed by atoms with Crippen LogP contribution in [0.2, 0.25) is 0 Å². The number of carboxylic acids is 1. The van der Waals surface area contributed by atoms with Gasteiger partial charge in [-0.05, 0) is 32.0 Å². The number of rotatable bonds is 3. The van der Waals surface area contributed by atoms with E-state index in [4.69, 9.17) is 5.11 Å². The van der Waals surface area contributed by atoms with Gasteiger partial charge in [0.05, 0.1) is 18.2 Å². The summed E-state index contributed by atoms with van der Waals surface area (Å²) in [5.41, 5.74) is 0.491. The van der Waals surface area contributed by atoms with Crippen molar-refractivity contribution in [2.45, 2.75) is 31.8 Å². The van der Waals surface area contributed by atoms with Crippen LogP contribution in [0, 0.1) is 5.82 Å². The van der Waals surface area contributed by atoms with Gasteiger partial charge in [0.2, 0.25) is 0 Å². The van der Waals surface area contributed by atoms with Gasteiger partial charge in [-0.25, -0.2) is 4.39 Å². The van der Waals surface area contributed by atoms with Gasteiger partial charge in [-0.15, -0.1) is 0 Å².